The summed E-state index contributed by atoms with van der Waals surface area (Å²) in [6, 6.07) is 17.6. The number of nitrogens with one attached hydrogen (secondary N) is 1. The Morgan fingerprint density at radius 3 is 2.57 bits per heavy atom. The average molecular weight is 485 g/mol. The van der Waals surface area contributed by atoms with Crippen LogP contribution in [-0.2, 0) is 4.79 Å². The smallest absolute Gasteiger partial charge is 0.269 e. The van der Waals surface area contributed by atoms with Crippen molar-refractivity contribution >= 4 is 34.9 Å². The van der Waals surface area contributed by atoms with Crippen molar-refractivity contribution < 1.29 is 9.53 Å². The fourth-order valence-electron chi connectivity index (χ4n) is 3.46. The summed E-state index contributed by atoms with van der Waals surface area (Å²) < 4.78 is 7.27. The molecule has 35 heavy (non-hydrogen) atoms. The Balaban J connectivity index is 1.83. The van der Waals surface area contributed by atoms with E-state index in [2.05, 4.69) is 10.3 Å². The Morgan fingerprint density at radius 2 is 1.86 bits per heavy atom. The molecule has 0 aliphatic rings. The van der Waals surface area contributed by atoms with Crippen LogP contribution in [0.15, 0.2) is 71.2 Å². The van der Waals surface area contributed by atoms with Crippen LogP contribution >= 0.6 is 11.6 Å². The third kappa shape index (κ3) is 5.08. The monoisotopic (exact) mass is 484 g/mol. The summed E-state index contributed by atoms with van der Waals surface area (Å²) in [6.45, 7) is 5.58. The zero-order chi connectivity index (χ0) is 25.1. The highest BCUT2D eigenvalue weighted by atomic mass is 35.5. The number of carbonyl (C=O) groups is 1. The molecule has 2 heterocycles. The van der Waals surface area contributed by atoms with Crippen molar-refractivity contribution in [3.05, 3.63) is 104 Å². The molecule has 1 N–H and O–H groups in total. The quantitative estimate of drug-likeness (QED) is 0.293. The number of carbonyl (C=O) groups excluding carboxylic acids is 1. The number of anilines is 1. The van der Waals surface area contributed by atoms with Crippen molar-refractivity contribution in [1.29, 1.82) is 5.26 Å². The zero-order valence-corrected chi connectivity index (χ0v) is 20.1. The van der Waals surface area contributed by atoms with Crippen LogP contribution in [-0.4, -0.2) is 15.3 Å². The van der Waals surface area contributed by atoms with Crippen LogP contribution in [0.25, 0.3) is 11.7 Å². The molecule has 0 aliphatic heterocycles. The van der Waals surface area contributed by atoms with Crippen LogP contribution in [0, 0.1) is 32.1 Å². The number of hydrogen-bond acceptors (Lipinski definition) is 5. The Morgan fingerprint density at radius 1 is 1.11 bits per heavy atom. The molecule has 8 heteroatoms. The summed E-state index contributed by atoms with van der Waals surface area (Å²) in [5.74, 6) is -0.279. The molecule has 0 saturated carbocycles. The summed E-state index contributed by atoms with van der Waals surface area (Å²) in [5, 5.41) is 13.0. The van der Waals surface area contributed by atoms with Crippen LogP contribution < -0.4 is 15.6 Å². The number of rotatable bonds is 5. The minimum atomic E-state index is -0.646. The number of hydrogen-bond donors (Lipinski definition) is 1. The molecule has 0 radical (unpaired) electrons. The lowest BCUT2D eigenvalue weighted by Gasteiger charge is -2.12. The number of halogens is 1. The molecule has 0 aliphatic carbocycles. The maximum atomic E-state index is 13.4. The summed E-state index contributed by atoms with van der Waals surface area (Å²) >= 11 is 5.97. The van der Waals surface area contributed by atoms with E-state index in [4.69, 9.17) is 16.3 Å². The largest absolute Gasteiger partial charge is 0.438 e. The predicted octanol–water partition coefficient (Wildman–Crippen LogP) is 5.61. The van der Waals surface area contributed by atoms with Crippen molar-refractivity contribution in [2.45, 2.75) is 20.8 Å². The molecule has 174 valence electrons. The van der Waals surface area contributed by atoms with Crippen LogP contribution in [0.1, 0.15) is 22.3 Å². The van der Waals surface area contributed by atoms with Crippen LogP contribution in [0.4, 0.5) is 5.69 Å². The summed E-state index contributed by atoms with van der Waals surface area (Å²) in [5.41, 5.74) is 2.77. The molecule has 0 spiro atoms. The van der Waals surface area contributed by atoms with Gasteiger partial charge in [-0.25, -0.2) is 0 Å². The number of benzene rings is 2. The minimum absolute atomic E-state index is 0.0288. The molecule has 0 fully saturated rings. The van der Waals surface area contributed by atoms with Crippen LogP contribution in [0.2, 0.25) is 5.02 Å². The number of ether oxygens (including phenoxy) is 1. The fraction of sp³-hybridized carbons (Fsp3) is 0.111. The Kier molecular flexibility index (Phi) is 6.67. The molecule has 0 saturated heterocycles. The lowest BCUT2D eigenvalue weighted by Crippen LogP contribution is -2.21. The highest BCUT2D eigenvalue weighted by Crippen LogP contribution is 2.26. The van der Waals surface area contributed by atoms with E-state index in [1.807, 2.05) is 51.1 Å². The van der Waals surface area contributed by atoms with E-state index in [1.54, 1.807) is 36.5 Å². The summed E-state index contributed by atoms with van der Waals surface area (Å²) in [7, 11) is 0. The van der Waals surface area contributed by atoms with Gasteiger partial charge in [0, 0.05) is 16.9 Å². The van der Waals surface area contributed by atoms with Crippen LogP contribution in [0.5, 0.6) is 11.6 Å². The normalized spacial score (nSPS) is 11.2. The lowest BCUT2D eigenvalue weighted by atomic mass is 10.1. The highest BCUT2D eigenvalue weighted by molar-refractivity contribution is 6.30. The SMILES string of the molecule is Cc1ccc(C)c(NC(=O)/C(C#N)=C\c2c(Oc3ccc(Cl)cc3)nc3c(C)cccn3c2=O)c1. The second-order valence-corrected chi connectivity index (χ2v) is 8.46. The molecule has 1 amide bonds. The lowest BCUT2D eigenvalue weighted by molar-refractivity contribution is -0.112. The van der Waals surface area contributed by atoms with Crippen LogP contribution in [0.3, 0.4) is 0 Å². The van der Waals surface area contributed by atoms with Gasteiger partial charge >= 0.3 is 0 Å². The van der Waals surface area contributed by atoms with Crippen molar-refractivity contribution in [1.82, 2.24) is 9.38 Å². The van der Waals surface area contributed by atoms with Gasteiger partial charge in [-0.05, 0) is 79.9 Å². The van der Waals surface area contributed by atoms with Gasteiger partial charge in [0.2, 0.25) is 5.88 Å². The topological polar surface area (TPSA) is 96.5 Å². The fourth-order valence-corrected chi connectivity index (χ4v) is 3.59. The van der Waals surface area contributed by atoms with E-state index < -0.39 is 11.5 Å². The van der Waals surface area contributed by atoms with E-state index in [9.17, 15) is 14.9 Å². The maximum Gasteiger partial charge on any atom is 0.269 e. The third-order valence-corrected chi connectivity index (χ3v) is 5.62. The minimum Gasteiger partial charge on any atom is -0.438 e. The number of amides is 1. The molecule has 4 rings (SSSR count). The first-order chi connectivity index (χ1) is 16.8. The van der Waals surface area contributed by atoms with E-state index in [0.717, 1.165) is 16.7 Å². The van der Waals surface area contributed by atoms with E-state index in [1.165, 1.54) is 10.5 Å². The van der Waals surface area contributed by atoms with Gasteiger partial charge in [-0.1, -0.05) is 29.8 Å². The summed E-state index contributed by atoms with van der Waals surface area (Å²) in [6.07, 6.45) is 2.78. The summed E-state index contributed by atoms with van der Waals surface area (Å²) in [4.78, 5) is 30.9. The number of aryl methyl sites for hydroxylation is 3. The maximum absolute atomic E-state index is 13.4. The van der Waals surface area contributed by atoms with E-state index >= 15 is 0 Å². The van der Waals surface area contributed by atoms with E-state index in [-0.39, 0.29) is 17.0 Å². The number of aromatic nitrogens is 2. The molecule has 2 aromatic heterocycles. The van der Waals surface area contributed by atoms with Gasteiger partial charge in [0.1, 0.15) is 28.6 Å². The zero-order valence-electron chi connectivity index (χ0n) is 19.3. The van der Waals surface area contributed by atoms with Gasteiger partial charge in [-0.2, -0.15) is 10.2 Å². The Bertz CT molecular complexity index is 1580. The first-order valence-electron chi connectivity index (χ1n) is 10.7. The Labute approximate surface area is 206 Å². The molecular weight excluding hydrogens is 464 g/mol. The average Bonchev–Trinajstić information content (AvgIpc) is 2.83. The van der Waals surface area contributed by atoms with Crippen molar-refractivity contribution in [3.63, 3.8) is 0 Å². The molecular formula is C27H21ClN4O3. The second kappa shape index (κ2) is 9.84. The molecule has 0 atom stereocenters. The molecule has 2 aromatic carbocycles. The molecule has 4 aromatic rings. The van der Waals surface area contributed by atoms with Gasteiger partial charge in [-0.15, -0.1) is 0 Å². The van der Waals surface area contributed by atoms with Gasteiger partial charge in [0.15, 0.2) is 0 Å². The van der Waals surface area contributed by atoms with Gasteiger partial charge < -0.3 is 10.1 Å². The van der Waals surface area contributed by atoms with Gasteiger partial charge in [0.05, 0.1) is 0 Å². The number of nitriles is 1. The highest BCUT2D eigenvalue weighted by Gasteiger charge is 2.18. The Hall–Kier alpha value is -4.41. The van der Waals surface area contributed by atoms with Gasteiger partial charge in [-0.3, -0.25) is 14.0 Å². The van der Waals surface area contributed by atoms with Crippen molar-refractivity contribution in [2.75, 3.05) is 5.32 Å². The number of fused-ring (bicyclic) bond motifs is 1. The number of nitrogens with zero attached hydrogens (tertiary/aromatic N) is 3. The third-order valence-electron chi connectivity index (χ3n) is 5.37. The van der Waals surface area contributed by atoms with Crippen molar-refractivity contribution in [2.24, 2.45) is 0 Å². The molecule has 7 nitrogen and oxygen atoms in total. The first kappa shape index (κ1) is 23.7. The molecule has 0 unspecified atom stereocenters. The number of pyridine rings is 1. The molecule has 0 bridgehead atoms. The first-order valence-corrected chi connectivity index (χ1v) is 11.1. The second-order valence-electron chi connectivity index (χ2n) is 8.02. The predicted molar refractivity (Wildman–Crippen MR) is 136 cm³/mol. The van der Waals surface area contributed by atoms with E-state index in [0.29, 0.717) is 22.1 Å². The van der Waals surface area contributed by atoms with Crippen molar-refractivity contribution in [3.8, 4) is 17.7 Å². The van der Waals surface area contributed by atoms with Gasteiger partial charge in [0.25, 0.3) is 11.5 Å². The standard InChI is InChI=1S/C27H21ClN4O3/c1-16-6-7-17(2)23(13-16)30-25(33)19(15-29)14-22-26(35-21-10-8-20(28)9-11-21)31-24-18(3)5-4-12-32(24)27(22)34/h4-14H,1-3H3,(H,30,33)/b19-14-.